The van der Waals surface area contributed by atoms with E-state index in [1.807, 2.05) is 0 Å². The maximum Gasteiger partial charge on any atom is 0.271 e. The monoisotopic (exact) mass is 272 g/mol. The van der Waals surface area contributed by atoms with Crippen LogP contribution in [0.25, 0.3) is 0 Å². The Kier molecular flexibility index (Phi) is 4.75. The van der Waals surface area contributed by atoms with Crippen molar-refractivity contribution in [3.05, 3.63) is 29.6 Å². The van der Waals surface area contributed by atoms with Crippen molar-refractivity contribution in [2.45, 2.75) is 44.6 Å². The van der Waals surface area contributed by atoms with E-state index >= 15 is 0 Å². The number of aromatic nitrogens is 1. The van der Waals surface area contributed by atoms with Gasteiger partial charge in [0.15, 0.2) is 0 Å². The van der Waals surface area contributed by atoms with Crippen LogP contribution in [0.15, 0.2) is 18.3 Å². The van der Waals surface area contributed by atoms with Crippen LogP contribution in [0.3, 0.4) is 0 Å². The Balaban J connectivity index is 2.16. The fourth-order valence-corrected chi connectivity index (χ4v) is 2.61. The van der Waals surface area contributed by atoms with Gasteiger partial charge in [-0.3, -0.25) is 4.79 Å². The molecule has 0 atom stereocenters. The second-order valence-electron chi connectivity index (χ2n) is 5.43. The average Bonchev–Trinajstić information content (AvgIpc) is 2.45. The molecular weight excluding hydrogens is 252 g/mol. The fraction of sp³-hybridized carbons (Fsp3) is 0.500. The third-order valence-corrected chi connectivity index (χ3v) is 3.70. The first-order valence-electron chi connectivity index (χ1n) is 7.02. The molecule has 0 aliphatic heterocycles. The van der Waals surface area contributed by atoms with Gasteiger partial charge in [0.25, 0.3) is 5.91 Å². The van der Waals surface area contributed by atoms with Crippen molar-refractivity contribution in [2.24, 2.45) is 0 Å². The maximum absolute atomic E-state index is 12.4. The van der Waals surface area contributed by atoms with E-state index in [2.05, 4.69) is 29.1 Å². The van der Waals surface area contributed by atoms with Gasteiger partial charge in [0.05, 0.1) is 5.56 Å². The highest BCUT2D eigenvalue weighted by molar-refractivity contribution is 5.95. The molecule has 0 spiro atoms. The Labute approximate surface area is 119 Å². The zero-order valence-electron chi connectivity index (χ0n) is 11.8. The summed E-state index contributed by atoms with van der Waals surface area (Å²) in [6, 6.07) is 3.48. The summed E-state index contributed by atoms with van der Waals surface area (Å²) in [4.78, 5) is 16.5. The van der Waals surface area contributed by atoms with Crippen molar-refractivity contribution in [1.82, 2.24) is 10.3 Å². The van der Waals surface area contributed by atoms with Crippen LogP contribution in [-0.4, -0.2) is 28.1 Å². The Morgan fingerprint density at radius 2 is 2.20 bits per heavy atom. The zero-order valence-corrected chi connectivity index (χ0v) is 11.8. The number of carbonyl (C=O) groups excluding carboxylic acids is 1. The second-order valence-corrected chi connectivity index (χ2v) is 5.43. The third-order valence-electron chi connectivity index (χ3n) is 3.70. The number of amides is 1. The van der Waals surface area contributed by atoms with Gasteiger partial charge in [-0.05, 0) is 31.9 Å². The molecule has 20 heavy (non-hydrogen) atoms. The molecule has 4 heteroatoms. The number of hydrogen-bond donors (Lipinski definition) is 2. The van der Waals surface area contributed by atoms with Crippen molar-refractivity contribution in [2.75, 3.05) is 6.61 Å². The van der Waals surface area contributed by atoms with Crippen LogP contribution in [0.4, 0.5) is 0 Å². The highest BCUT2D eigenvalue weighted by atomic mass is 16.2. The minimum absolute atomic E-state index is 0.144. The summed E-state index contributed by atoms with van der Waals surface area (Å²) >= 11 is 0. The number of aliphatic hydroxyl groups excluding tert-OH is 1. The van der Waals surface area contributed by atoms with Crippen molar-refractivity contribution in [1.29, 1.82) is 0 Å². The minimum atomic E-state index is -0.229. The number of nitrogens with zero attached hydrogens (tertiary/aromatic N) is 1. The van der Waals surface area contributed by atoms with Crippen molar-refractivity contribution >= 4 is 5.91 Å². The highest BCUT2D eigenvalue weighted by Gasteiger charge is 2.29. The molecule has 1 aliphatic rings. The van der Waals surface area contributed by atoms with Gasteiger partial charge in [-0.2, -0.15) is 0 Å². The van der Waals surface area contributed by atoms with Gasteiger partial charge in [0.2, 0.25) is 0 Å². The minimum Gasteiger partial charge on any atom is -0.384 e. The summed E-state index contributed by atoms with van der Waals surface area (Å²) in [5.74, 6) is 5.15. The zero-order chi connectivity index (χ0) is 14.4. The number of rotatable bonds is 2. The van der Waals surface area contributed by atoms with Gasteiger partial charge in [-0.25, -0.2) is 4.98 Å². The highest BCUT2D eigenvalue weighted by Crippen LogP contribution is 2.27. The van der Waals surface area contributed by atoms with Gasteiger partial charge in [-0.1, -0.05) is 31.1 Å². The molecule has 0 saturated heterocycles. The first-order chi connectivity index (χ1) is 9.64. The number of carbonyl (C=O) groups is 1. The van der Waals surface area contributed by atoms with Crippen molar-refractivity contribution in [3.63, 3.8) is 0 Å². The Morgan fingerprint density at radius 3 is 2.90 bits per heavy atom. The molecule has 2 rings (SSSR count). The lowest BCUT2D eigenvalue weighted by molar-refractivity contribution is 0.0877. The molecule has 1 heterocycles. The number of nitrogens with one attached hydrogen (secondary N) is 1. The fourth-order valence-electron chi connectivity index (χ4n) is 2.61. The lowest BCUT2D eigenvalue weighted by Crippen LogP contribution is -2.47. The lowest BCUT2D eigenvalue weighted by atomic mass is 9.83. The molecule has 1 aliphatic carbocycles. The molecule has 1 aromatic heterocycles. The Morgan fingerprint density at radius 1 is 1.45 bits per heavy atom. The summed E-state index contributed by atoms with van der Waals surface area (Å²) in [7, 11) is 0. The lowest BCUT2D eigenvalue weighted by Gasteiger charge is -2.34. The van der Waals surface area contributed by atoms with Crippen LogP contribution in [-0.2, 0) is 0 Å². The molecule has 0 unspecified atom stereocenters. The van der Waals surface area contributed by atoms with Crippen LogP contribution in [0, 0.1) is 11.8 Å². The predicted octanol–water partition coefficient (Wildman–Crippen LogP) is 1.88. The molecule has 106 valence electrons. The SMILES string of the molecule is CC1(NC(=O)c2ncccc2C#CCO)CCCCC1. The van der Waals surface area contributed by atoms with Gasteiger partial charge < -0.3 is 10.4 Å². The maximum atomic E-state index is 12.4. The van der Waals surface area contributed by atoms with Crippen LogP contribution in [0.1, 0.15) is 55.1 Å². The van der Waals surface area contributed by atoms with E-state index in [0.29, 0.717) is 11.3 Å². The number of aliphatic hydroxyl groups is 1. The van der Waals surface area contributed by atoms with E-state index in [4.69, 9.17) is 5.11 Å². The summed E-state index contributed by atoms with van der Waals surface area (Å²) < 4.78 is 0. The smallest absolute Gasteiger partial charge is 0.271 e. The van der Waals surface area contributed by atoms with Gasteiger partial charge in [0, 0.05) is 11.7 Å². The summed E-state index contributed by atoms with van der Waals surface area (Å²) in [6.45, 7) is 1.86. The average molecular weight is 272 g/mol. The van der Waals surface area contributed by atoms with E-state index in [1.165, 1.54) is 6.42 Å². The topological polar surface area (TPSA) is 62.2 Å². The quantitative estimate of drug-likeness (QED) is 0.808. The molecule has 1 saturated carbocycles. The molecule has 0 radical (unpaired) electrons. The standard InChI is InChI=1S/C16H20N2O2/c1-16(9-3-2-4-10-16)18-15(20)14-13(8-6-12-19)7-5-11-17-14/h5,7,11,19H,2-4,9-10,12H2,1H3,(H,18,20). The second kappa shape index (κ2) is 6.53. The summed E-state index contributed by atoms with van der Waals surface area (Å²) in [5, 5.41) is 11.9. The molecule has 1 amide bonds. The Bertz CT molecular complexity index is 537. The summed E-state index contributed by atoms with van der Waals surface area (Å²) in [6.07, 6.45) is 7.13. The molecule has 1 aromatic rings. The van der Waals surface area contributed by atoms with Gasteiger partial charge in [0.1, 0.15) is 12.3 Å². The molecule has 2 N–H and O–H groups in total. The number of hydrogen-bond acceptors (Lipinski definition) is 3. The Hall–Kier alpha value is -1.86. The van der Waals surface area contributed by atoms with Crippen LogP contribution >= 0.6 is 0 Å². The molecule has 0 aromatic carbocycles. The largest absolute Gasteiger partial charge is 0.384 e. The van der Waals surface area contributed by atoms with Crippen LogP contribution in [0.2, 0.25) is 0 Å². The van der Waals surface area contributed by atoms with Crippen LogP contribution in [0.5, 0.6) is 0 Å². The van der Waals surface area contributed by atoms with E-state index < -0.39 is 0 Å². The van der Waals surface area contributed by atoms with Gasteiger partial charge >= 0.3 is 0 Å². The van der Waals surface area contributed by atoms with E-state index in [-0.39, 0.29) is 18.1 Å². The first-order valence-corrected chi connectivity index (χ1v) is 7.02. The predicted molar refractivity (Wildman–Crippen MR) is 77.2 cm³/mol. The van der Waals surface area contributed by atoms with E-state index in [9.17, 15) is 4.79 Å². The van der Waals surface area contributed by atoms with E-state index in [1.54, 1.807) is 18.3 Å². The normalized spacial score (nSPS) is 16.9. The third kappa shape index (κ3) is 3.58. The van der Waals surface area contributed by atoms with Gasteiger partial charge in [-0.15, -0.1) is 0 Å². The molecule has 0 bridgehead atoms. The first kappa shape index (κ1) is 14.5. The van der Waals surface area contributed by atoms with Crippen molar-refractivity contribution < 1.29 is 9.90 Å². The molecule has 4 nitrogen and oxygen atoms in total. The molecular formula is C16H20N2O2. The summed E-state index contributed by atoms with van der Waals surface area (Å²) in [5.41, 5.74) is 0.743. The van der Waals surface area contributed by atoms with E-state index in [0.717, 1.165) is 25.7 Å². The van der Waals surface area contributed by atoms with Crippen molar-refractivity contribution in [3.8, 4) is 11.8 Å². The van der Waals surface area contributed by atoms with Crippen LogP contribution < -0.4 is 5.32 Å². The molecule has 1 fully saturated rings. The number of pyridine rings is 1.